The summed E-state index contributed by atoms with van der Waals surface area (Å²) in [5.41, 5.74) is 1.02. The summed E-state index contributed by atoms with van der Waals surface area (Å²) in [7, 11) is -2.08. The average molecular weight is 440 g/mol. The number of benzene rings is 1. The number of anilines is 1. The van der Waals surface area contributed by atoms with Gasteiger partial charge in [0.15, 0.2) is 0 Å². The molecule has 1 aromatic carbocycles. The van der Waals surface area contributed by atoms with E-state index in [1.807, 2.05) is 24.3 Å². The maximum Gasteiger partial charge on any atom is 0.264 e. The van der Waals surface area contributed by atoms with Gasteiger partial charge in [0, 0.05) is 45.6 Å². The fourth-order valence-corrected chi connectivity index (χ4v) is 4.54. The number of ether oxygens (including phenoxy) is 1. The molecule has 0 bridgehead atoms. The predicted octanol–water partition coefficient (Wildman–Crippen LogP) is 0.701. The van der Waals surface area contributed by atoms with Crippen molar-refractivity contribution >= 4 is 27.6 Å². The molecule has 2 heterocycles. The molecular formula is C20H29N3O6S. The van der Waals surface area contributed by atoms with Gasteiger partial charge in [-0.1, -0.05) is 12.1 Å². The maximum atomic E-state index is 12.1. The van der Waals surface area contributed by atoms with Gasteiger partial charge in [0.2, 0.25) is 11.8 Å². The standard InChI is InChI=1S/C20H29N3O6S/c1-28-18-7-4-3-6-17(18)22-12-10-21(11-13-22)14-16(29-30(2,26)27)15-23-19(24)8-5-9-20(23)25/h3-4,6-7,16H,5,8-15H2,1-2H3. The first-order valence-electron chi connectivity index (χ1n) is 10.1. The summed E-state index contributed by atoms with van der Waals surface area (Å²) < 4.78 is 34.2. The molecule has 2 saturated heterocycles. The molecule has 2 aliphatic heterocycles. The molecule has 0 aliphatic carbocycles. The second-order valence-corrected chi connectivity index (χ2v) is 9.23. The van der Waals surface area contributed by atoms with Crippen LogP contribution in [0.4, 0.5) is 5.69 Å². The third kappa shape index (κ3) is 5.93. The van der Waals surface area contributed by atoms with E-state index in [1.54, 1.807) is 7.11 Å². The molecule has 1 unspecified atom stereocenters. The van der Waals surface area contributed by atoms with Gasteiger partial charge in [-0.2, -0.15) is 8.42 Å². The normalized spacial score (nSPS) is 19.8. The number of para-hydroxylation sites is 2. The van der Waals surface area contributed by atoms with E-state index >= 15 is 0 Å². The Balaban J connectivity index is 1.62. The quantitative estimate of drug-likeness (QED) is 0.431. The highest BCUT2D eigenvalue weighted by atomic mass is 32.2. The van der Waals surface area contributed by atoms with Crippen LogP contribution in [0, 0.1) is 0 Å². The lowest BCUT2D eigenvalue weighted by atomic mass is 10.1. The molecule has 0 spiro atoms. The van der Waals surface area contributed by atoms with Crippen LogP contribution in [0.25, 0.3) is 0 Å². The van der Waals surface area contributed by atoms with E-state index in [0.717, 1.165) is 35.7 Å². The minimum atomic E-state index is -3.73. The summed E-state index contributed by atoms with van der Waals surface area (Å²) in [4.78, 5) is 29.7. The van der Waals surface area contributed by atoms with Crippen molar-refractivity contribution in [2.75, 3.05) is 57.5 Å². The number of imide groups is 1. The van der Waals surface area contributed by atoms with E-state index in [0.29, 0.717) is 38.9 Å². The monoisotopic (exact) mass is 439 g/mol. The van der Waals surface area contributed by atoms with Crippen molar-refractivity contribution < 1.29 is 26.9 Å². The molecule has 30 heavy (non-hydrogen) atoms. The maximum absolute atomic E-state index is 12.1. The molecular weight excluding hydrogens is 410 g/mol. The highest BCUT2D eigenvalue weighted by Gasteiger charge is 2.31. The van der Waals surface area contributed by atoms with Gasteiger partial charge in [-0.25, -0.2) is 0 Å². The van der Waals surface area contributed by atoms with Gasteiger partial charge < -0.3 is 9.64 Å². The first-order chi connectivity index (χ1) is 14.3. The second-order valence-electron chi connectivity index (χ2n) is 7.63. The van der Waals surface area contributed by atoms with Gasteiger partial charge >= 0.3 is 0 Å². The average Bonchev–Trinajstić information content (AvgIpc) is 2.70. The number of piperazine rings is 1. The van der Waals surface area contributed by atoms with E-state index in [-0.39, 0.29) is 18.4 Å². The first-order valence-corrected chi connectivity index (χ1v) is 11.9. The van der Waals surface area contributed by atoms with Gasteiger partial charge in [-0.3, -0.25) is 23.6 Å². The van der Waals surface area contributed by atoms with Gasteiger partial charge in [0.25, 0.3) is 10.1 Å². The molecule has 10 heteroatoms. The van der Waals surface area contributed by atoms with Crippen LogP contribution < -0.4 is 9.64 Å². The summed E-state index contributed by atoms with van der Waals surface area (Å²) in [6.45, 7) is 3.16. The zero-order valence-electron chi connectivity index (χ0n) is 17.5. The molecule has 2 aliphatic rings. The number of nitrogens with zero attached hydrogens (tertiary/aromatic N) is 3. The van der Waals surface area contributed by atoms with Crippen LogP contribution in [0.2, 0.25) is 0 Å². The van der Waals surface area contributed by atoms with Crippen LogP contribution in [0.5, 0.6) is 5.75 Å². The van der Waals surface area contributed by atoms with Crippen molar-refractivity contribution in [3.05, 3.63) is 24.3 Å². The third-order valence-electron chi connectivity index (χ3n) is 5.34. The lowest BCUT2D eigenvalue weighted by Crippen LogP contribution is -2.52. The smallest absolute Gasteiger partial charge is 0.264 e. The van der Waals surface area contributed by atoms with E-state index in [2.05, 4.69) is 9.80 Å². The number of amides is 2. The molecule has 0 saturated carbocycles. The first kappa shape index (κ1) is 22.5. The van der Waals surface area contributed by atoms with Gasteiger partial charge in [0.1, 0.15) is 11.9 Å². The van der Waals surface area contributed by atoms with Crippen LogP contribution in [-0.4, -0.2) is 88.8 Å². The van der Waals surface area contributed by atoms with Crippen LogP contribution in [0.1, 0.15) is 19.3 Å². The highest BCUT2D eigenvalue weighted by molar-refractivity contribution is 7.86. The minimum Gasteiger partial charge on any atom is -0.495 e. The molecule has 0 radical (unpaired) electrons. The Kier molecular flexibility index (Phi) is 7.32. The summed E-state index contributed by atoms with van der Waals surface area (Å²) >= 11 is 0. The highest BCUT2D eigenvalue weighted by Crippen LogP contribution is 2.28. The van der Waals surface area contributed by atoms with Gasteiger partial charge in [0.05, 0.1) is 25.6 Å². The van der Waals surface area contributed by atoms with Crippen LogP contribution in [0.15, 0.2) is 24.3 Å². The van der Waals surface area contributed by atoms with E-state index in [9.17, 15) is 18.0 Å². The molecule has 166 valence electrons. The second kappa shape index (κ2) is 9.76. The Morgan fingerprint density at radius 2 is 1.63 bits per heavy atom. The molecule has 0 aromatic heterocycles. The van der Waals surface area contributed by atoms with E-state index in [4.69, 9.17) is 8.92 Å². The number of methoxy groups -OCH3 is 1. The van der Waals surface area contributed by atoms with E-state index in [1.165, 1.54) is 0 Å². The Morgan fingerprint density at radius 1 is 1.00 bits per heavy atom. The number of carbonyl (C=O) groups is 2. The van der Waals surface area contributed by atoms with Crippen molar-refractivity contribution in [1.29, 1.82) is 0 Å². The number of hydrogen-bond acceptors (Lipinski definition) is 8. The topological polar surface area (TPSA) is 96.5 Å². The fourth-order valence-electron chi connectivity index (χ4n) is 3.92. The number of likely N-dealkylation sites (tertiary alicyclic amines) is 1. The lowest BCUT2D eigenvalue weighted by Gasteiger charge is -2.38. The number of carbonyl (C=O) groups excluding carboxylic acids is 2. The Bertz CT molecular complexity index is 851. The zero-order chi connectivity index (χ0) is 21.7. The molecule has 2 amide bonds. The molecule has 0 N–H and O–H groups in total. The molecule has 3 rings (SSSR count). The number of rotatable bonds is 8. The zero-order valence-corrected chi connectivity index (χ0v) is 18.3. The van der Waals surface area contributed by atoms with Crippen molar-refractivity contribution in [1.82, 2.24) is 9.80 Å². The van der Waals surface area contributed by atoms with Crippen molar-refractivity contribution in [3.63, 3.8) is 0 Å². The summed E-state index contributed by atoms with van der Waals surface area (Å²) in [5.74, 6) is 0.273. The predicted molar refractivity (Wildman–Crippen MR) is 112 cm³/mol. The van der Waals surface area contributed by atoms with E-state index < -0.39 is 16.2 Å². The van der Waals surface area contributed by atoms with Gasteiger partial charge in [-0.15, -0.1) is 0 Å². The molecule has 9 nitrogen and oxygen atoms in total. The van der Waals surface area contributed by atoms with Crippen LogP contribution in [-0.2, 0) is 23.9 Å². The van der Waals surface area contributed by atoms with Crippen LogP contribution in [0.3, 0.4) is 0 Å². The summed E-state index contributed by atoms with van der Waals surface area (Å²) in [5, 5.41) is 0. The third-order valence-corrected chi connectivity index (χ3v) is 5.96. The van der Waals surface area contributed by atoms with Crippen molar-refractivity contribution in [3.8, 4) is 5.75 Å². The molecule has 1 atom stereocenters. The Hall–Kier alpha value is -2.17. The number of hydrogen-bond donors (Lipinski definition) is 0. The van der Waals surface area contributed by atoms with Crippen molar-refractivity contribution in [2.45, 2.75) is 25.4 Å². The molecule has 2 fully saturated rings. The summed E-state index contributed by atoms with van der Waals surface area (Å²) in [6.07, 6.45) is 1.34. The lowest BCUT2D eigenvalue weighted by molar-refractivity contribution is -0.149. The van der Waals surface area contributed by atoms with Gasteiger partial charge in [-0.05, 0) is 18.6 Å². The Morgan fingerprint density at radius 3 is 2.23 bits per heavy atom. The van der Waals surface area contributed by atoms with Crippen molar-refractivity contribution in [2.24, 2.45) is 0 Å². The Labute approximate surface area is 177 Å². The fraction of sp³-hybridized carbons (Fsp3) is 0.600. The number of piperidine rings is 1. The summed E-state index contributed by atoms with van der Waals surface area (Å²) in [6, 6.07) is 7.82. The van der Waals surface area contributed by atoms with Crippen LogP contribution >= 0.6 is 0 Å². The minimum absolute atomic E-state index is 0.0442. The molecule has 1 aromatic rings. The SMILES string of the molecule is COc1ccccc1N1CCN(CC(CN2C(=O)CCCC2=O)OS(C)(=O)=O)CC1. The largest absolute Gasteiger partial charge is 0.495 e.